The molecule has 0 spiro atoms. The summed E-state index contributed by atoms with van der Waals surface area (Å²) in [6.07, 6.45) is 0. The van der Waals surface area contributed by atoms with Crippen LogP contribution in [0.2, 0.25) is 5.02 Å². The topological polar surface area (TPSA) is 63.4 Å². The molecule has 0 radical (unpaired) electrons. The average molecular weight is 305 g/mol. The second kappa shape index (κ2) is 6.11. The molecule has 0 aliphatic rings. The van der Waals surface area contributed by atoms with Crippen molar-refractivity contribution in [3.8, 4) is 0 Å². The molecule has 0 heterocycles. The van der Waals surface area contributed by atoms with Crippen LogP contribution in [0, 0.1) is 5.92 Å². The summed E-state index contributed by atoms with van der Waals surface area (Å²) in [6, 6.07) is 4.37. The molecule has 0 aliphatic carbocycles. The molecule has 1 aromatic carbocycles. The smallest absolute Gasteiger partial charge is 0.244 e. The Hall–Kier alpha value is -0.780. The van der Waals surface area contributed by atoms with Gasteiger partial charge in [-0.3, -0.25) is 0 Å². The Kier molecular flexibility index (Phi) is 5.24. The average Bonchev–Trinajstić information content (AvgIpc) is 2.28. The number of hydrogen-bond donors (Lipinski definition) is 1. The largest absolute Gasteiger partial charge is 0.399 e. The summed E-state index contributed by atoms with van der Waals surface area (Å²) in [7, 11) is -3.63. The Morgan fingerprint density at radius 2 is 1.84 bits per heavy atom. The van der Waals surface area contributed by atoms with Gasteiger partial charge in [-0.2, -0.15) is 4.31 Å². The van der Waals surface area contributed by atoms with Crippen molar-refractivity contribution in [1.29, 1.82) is 0 Å². The Morgan fingerprint density at radius 3 is 2.32 bits per heavy atom. The van der Waals surface area contributed by atoms with Gasteiger partial charge < -0.3 is 5.73 Å². The highest BCUT2D eigenvalue weighted by atomic mass is 35.5. The zero-order valence-corrected chi connectivity index (χ0v) is 13.3. The van der Waals surface area contributed by atoms with Crippen LogP contribution in [0.25, 0.3) is 0 Å². The van der Waals surface area contributed by atoms with E-state index in [0.717, 1.165) is 0 Å². The fourth-order valence-electron chi connectivity index (χ4n) is 1.79. The van der Waals surface area contributed by atoms with Crippen LogP contribution in [0.1, 0.15) is 27.7 Å². The lowest BCUT2D eigenvalue weighted by Crippen LogP contribution is -2.39. The third-order valence-electron chi connectivity index (χ3n) is 2.66. The molecule has 0 aromatic heterocycles. The Labute approximate surface area is 120 Å². The van der Waals surface area contributed by atoms with Crippen molar-refractivity contribution in [2.45, 2.75) is 38.6 Å². The summed E-state index contributed by atoms with van der Waals surface area (Å²) in [5, 5.41) is 0.198. The van der Waals surface area contributed by atoms with Crippen LogP contribution in [0.4, 0.5) is 5.69 Å². The molecule has 0 saturated carbocycles. The summed E-state index contributed by atoms with van der Waals surface area (Å²) >= 11 is 6.00. The fraction of sp³-hybridized carbons (Fsp3) is 0.538. The Balaban J connectivity index is 3.30. The number of benzene rings is 1. The molecule has 6 heteroatoms. The van der Waals surface area contributed by atoms with E-state index in [1.807, 2.05) is 27.7 Å². The number of nitrogens with zero attached hydrogens (tertiary/aromatic N) is 1. The molecule has 0 saturated heterocycles. The van der Waals surface area contributed by atoms with E-state index in [2.05, 4.69) is 0 Å². The SMILES string of the molecule is CC(C)CN(C(C)C)S(=O)(=O)c1cc(N)ccc1Cl. The lowest BCUT2D eigenvalue weighted by atomic mass is 10.2. The summed E-state index contributed by atoms with van der Waals surface area (Å²) < 4.78 is 26.8. The Morgan fingerprint density at radius 1 is 1.26 bits per heavy atom. The number of rotatable bonds is 5. The maximum absolute atomic E-state index is 12.7. The molecule has 0 atom stereocenters. The Bertz CT molecular complexity index is 542. The maximum Gasteiger partial charge on any atom is 0.244 e. The molecule has 2 N–H and O–H groups in total. The van der Waals surface area contributed by atoms with Gasteiger partial charge in [0.2, 0.25) is 10.0 Å². The van der Waals surface area contributed by atoms with Gasteiger partial charge in [0.05, 0.1) is 5.02 Å². The third-order valence-corrected chi connectivity index (χ3v) is 5.19. The van der Waals surface area contributed by atoms with Crippen molar-refractivity contribution in [1.82, 2.24) is 4.31 Å². The molecular weight excluding hydrogens is 284 g/mol. The van der Waals surface area contributed by atoms with Crippen molar-refractivity contribution < 1.29 is 8.42 Å². The monoisotopic (exact) mass is 304 g/mol. The van der Waals surface area contributed by atoms with Crippen LogP contribution in [0.5, 0.6) is 0 Å². The van der Waals surface area contributed by atoms with E-state index in [0.29, 0.717) is 12.2 Å². The number of nitrogen functional groups attached to an aromatic ring is 1. The first-order valence-electron chi connectivity index (χ1n) is 6.23. The molecule has 0 unspecified atom stereocenters. The molecule has 0 bridgehead atoms. The predicted octanol–water partition coefficient (Wildman–Crippen LogP) is 2.98. The van der Waals surface area contributed by atoms with E-state index in [1.54, 1.807) is 6.07 Å². The summed E-state index contributed by atoms with van der Waals surface area (Å²) in [6.45, 7) is 8.10. The van der Waals surface area contributed by atoms with Gasteiger partial charge >= 0.3 is 0 Å². The van der Waals surface area contributed by atoms with Gasteiger partial charge in [0.25, 0.3) is 0 Å². The van der Waals surface area contributed by atoms with E-state index >= 15 is 0 Å². The van der Waals surface area contributed by atoms with Crippen LogP contribution in [0.15, 0.2) is 23.1 Å². The van der Waals surface area contributed by atoms with Crippen LogP contribution < -0.4 is 5.73 Å². The molecule has 1 rings (SSSR count). The second-order valence-corrected chi connectivity index (χ2v) is 7.52. The first-order chi connectivity index (χ1) is 8.66. The first-order valence-corrected chi connectivity index (χ1v) is 8.05. The second-order valence-electron chi connectivity index (χ2n) is 5.25. The van der Waals surface area contributed by atoms with Crippen LogP contribution in [0.3, 0.4) is 0 Å². The van der Waals surface area contributed by atoms with Crippen molar-refractivity contribution in [3.05, 3.63) is 23.2 Å². The number of anilines is 1. The minimum Gasteiger partial charge on any atom is -0.399 e. The van der Waals surface area contributed by atoms with Gasteiger partial charge in [-0.25, -0.2) is 8.42 Å². The molecule has 19 heavy (non-hydrogen) atoms. The molecule has 0 aliphatic heterocycles. The maximum atomic E-state index is 12.7. The van der Waals surface area contributed by atoms with Gasteiger partial charge in [0.1, 0.15) is 4.90 Å². The minimum atomic E-state index is -3.63. The number of halogens is 1. The van der Waals surface area contributed by atoms with Gasteiger partial charge in [-0.1, -0.05) is 25.4 Å². The van der Waals surface area contributed by atoms with Gasteiger partial charge in [-0.15, -0.1) is 0 Å². The van der Waals surface area contributed by atoms with Gasteiger partial charge in [-0.05, 0) is 38.0 Å². The number of sulfonamides is 1. The van der Waals surface area contributed by atoms with Gasteiger partial charge in [0.15, 0.2) is 0 Å². The third kappa shape index (κ3) is 3.84. The molecule has 0 fully saturated rings. The van der Waals surface area contributed by atoms with Gasteiger partial charge in [0, 0.05) is 18.3 Å². The standard InChI is InChI=1S/C13H21ClN2O2S/c1-9(2)8-16(10(3)4)19(17,18)13-7-11(15)5-6-12(13)14/h5-7,9-10H,8,15H2,1-4H3. The number of nitrogens with two attached hydrogens (primary N) is 1. The first kappa shape index (κ1) is 16.3. The fourth-order valence-corrected chi connectivity index (χ4v) is 4.10. The summed E-state index contributed by atoms with van der Waals surface area (Å²) in [5.74, 6) is 0.233. The van der Waals surface area contributed by atoms with E-state index in [-0.39, 0.29) is 21.9 Å². The molecule has 0 amide bonds. The minimum absolute atomic E-state index is 0.0727. The van der Waals surface area contributed by atoms with Crippen molar-refractivity contribution in [3.63, 3.8) is 0 Å². The van der Waals surface area contributed by atoms with E-state index in [4.69, 9.17) is 17.3 Å². The van der Waals surface area contributed by atoms with Crippen LogP contribution >= 0.6 is 11.6 Å². The zero-order chi connectivity index (χ0) is 14.8. The highest BCUT2D eigenvalue weighted by molar-refractivity contribution is 7.89. The zero-order valence-electron chi connectivity index (χ0n) is 11.7. The molecule has 1 aromatic rings. The van der Waals surface area contributed by atoms with Crippen molar-refractivity contribution >= 4 is 27.3 Å². The summed E-state index contributed by atoms with van der Waals surface area (Å²) in [5.41, 5.74) is 6.05. The van der Waals surface area contributed by atoms with Crippen LogP contribution in [-0.4, -0.2) is 25.3 Å². The van der Waals surface area contributed by atoms with E-state index in [9.17, 15) is 8.42 Å². The quantitative estimate of drug-likeness (QED) is 0.851. The van der Waals surface area contributed by atoms with Crippen molar-refractivity contribution in [2.24, 2.45) is 5.92 Å². The highest BCUT2D eigenvalue weighted by Crippen LogP contribution is 2.28. The molecular formula is C13H21ClN2O2S. The highest BCUT2D eigenvalue weighted by Gasteiger charge is 2.29. The molecule has 4 nitrogen and oxygen atoms in total. The van der Waals surface area contributed by atoms with E-state index < -0.39 is 10.0 Å². The predicted molar refractivity (Wildman–Crippen MR) is 79.7 cm³/mol. The lowest BCUT2D eigenvalue weighted by molar-refractivity contribution is 0.319. The lowest BCUT2D eigenvalue weighted by Gasteiger charge is -2.28. The number of hydrogen-bond acceptors (Lipinski definition) is 3. The normalized spacial score (nSPS) is 12.6. The van der Waals surface area contributed by atoms with Crippen molar-refractivity contribution in [2.75, 3.05) is 12.3 Å². The summed E-state index contributed by atoms with van der Waals surface area (Å²) in [4.78, 5) is 0.0727. The van der Waals surface area contributed by atoms with Crippen LogP contribution in [-0.2, 0) is 10.0 Å². The molecule has 108 valence electrons. The van der Waals surface area contributed by atoms with E-state index in [1.165, 1.54) is 16.4 Å².